The normalized spacial score (nSPS) is 48.7. The fourth-order valence-corrected chi connectivity index (χ4v) is 3.32. The number of rotatable bonds is 0. The molecule has 1 N–H and O–H groups in total. The first-order chi connectivity index (χ1) is 8.92. The molecule has 2 fully saturated rings. The van der Waals surface area contributed by atoms with Gasteiger partial charge in [0.05, 0.1) is 17.6 Å². The Bertz CT molecular complexity index is 467. The van der Waals surface area contributed by atoms with Crippen molar-refractivity contribution in [2.45, 2.75) is 57.0 Å². The minimum absolute atomic E-state index is 0.210. The van der Waals surface area contributed by atoms with E-state index in [9.17, 15) is 9.90 Å². The molecule has 0 radical (unpaired) electrons. The van der Waals surface area contributed by atoms with Crippen molar-refractivity contribution in [3.63, 3.8) is 0 Å². The highest BCUT2D eigenvalue weighted by molar-refractivity contribution is 5.91. The van der Waals surface area contributed by atoms with Gasteiger partial charge in [-0.05, 0) is 26.7 Å². The lowest BCUT2D eigenvalue weighted by molar-refractivity contribution is -0.139. The Morgan fingerprint density at radius 1 is 1.53 bits per heavy atom. The van der Waals surface area contributed by atoms with Crippen LogP contribution in [0, 0.1) is 5.92 Å². The molecule has 2 saturated heterocycles. The molecule has 0 bridgehead atoms. The third-order valence-corrected chi connectivity index (χ3v) is 4.60. The highest BCUT2D eigenvalue weighted by Gasteiger charge is 2.60. The average molecular weight is 264 g/mol. The van der Waals surface area contributed by atoms with E-state index in [0.29, 0.717) is 12.0 Å². The molecule has 2 aliphatic heterocycles. The first kappa shape index (κ1) is 12.9. The maximum absolute atomic E-state index is 11.7. The molecule has 2 heterocycles. The summed E-state index contributed by atoms with van der Waals surface area (Å²) in [6, 6.07) is 0. The Hall–Kier alpha value is -1.13. The molecule has 0 spiro atoms. The van der Waals surface area contributed by atoms with E-state index in [2.05, 4.69) is 12.7 Å². The molecule has 3 rings (SSSR count). The molecule has 5 atom stereocenters. The fraction of sp³-hybridized carbons (Fsp3) is 0.667. The Morgan fingerprint density at radius 2 is 2.26 bits per heavy atom. The molecule has 0 unspecified atom stereocenters. The van der Waals surface area contributed by atoms with Crippen molar-refractivity contribution in [1.29, 1.82) is 0 Å². The van der Waals surface area contributed by atoms with Gasteiger partial charge in [0, 0.05) is 12.0 Å². The predicted molar refractivity (Wildman–Crippen MR) is 69.4 cm³/mol. The van der Waals surface area contributed by atoms with Gasteiger partial charge in [-0.1, -0.05) is 18.2 Å². The second-order valence-corrected chi connectivity index (χ2v) is 6.13. The third kappa shape index (κ3) is 2.03. The number of epoxide rings is 1. The number of hydrogen-bond acceptors (Lipinski definition) is 4. The van der Waals surface area contributed by atoms with Crippen LogP contribution in [-0.2, 0) is 14.3 Å². The maximum atomic E-state index is 11.7. The lowest BCUT2D eigenvalue weighted by atomic mass is 9.82. The van der Waals surface area contributed by atoms with Crippen molar-refractivity contribution in [2.24, 2.45) is 5.92 Å². The Labute approximate surface area is 113 Å². The number of carbonyl (C=O) groups excluding carboxylic acids is 1. The topological polar surface area (TPSA) is 59.1 Å². The van der Waals surface area contributed by atoms with E-state index in [1.54, 1.807) is 0 Å². The van der Waals surface area contributed by atoms with E-state index in [4.69, 9.17) is 9.47 Å². The average Bonchev–Trinajstić information content (AvgIpc) is 2.92. The summed E-state index contributed by atoms with van der Waals surface area (Å²) in [5.41, 5.74) is 1.29. The van der Waals surface area contributed by atoms with Crippen LogP contribution in [0.1, 0.15) is 33.1 Å². The summed E-state index contributed by atoms with van der Waals surface area (Å²) in [4.78, 5) is 11.7. The van der Waals surface area contributed by atoms with Gasteiger partial charge < -0.3 is 14.6 Å². The van der Waals surface area contributed by atoms with Gasteiger partial charge in [-0.2, -0.15) is 0 Å². The number of allylic oxidation sites excluding steroid dienone is 1. The quantitative estimate of drug-likeness (QED) is 0.313. The monoisotopic (exact) mass is 264 g/mol. The van der Waals surface area contributed by atoms with E-state index >= 15 is 0 Å². The van der Waals surface area contributed by atoms with E-state index in [1.807, 2.05) is 13.8 Å². The Balaban J connectivity index is 1.92. The molecule has 3 aliphatic rings. The van der Waals surface area contributed by atoms with Gasteiger partial charge in [-0.15, -0.1) is 0 Å². The molecule has 0 aromatic heterocycles. The number of esters is 1. The summed E-state index contributed by atoms with van der Waals surface area (Å²) in [5, 5.41) is 10.5. The minimum Gasteiger partial charge on any atom is -0.458 e. The highest BCUT2D eigenvalue weighted by Crippen LogP contribution is 2.48. The third-order valence-electron chi connectivity index (χ3n) is 4.60. The summed E-state index contributed by atoms with van der Waals surface area (Å²) in [5.74, 6) is -0.732. The number of aliphatic hydroxyl groups excluding tert-OH is 1. The molecule has 4 heteroatoms. The summed E-state index contributed by atoms with van der Waals surface area (Å²) in [6.07, 6.45) is 3.43. The molecule has 4 nitrogen and oxygen atoms in total. The SMILES string of the molecule is C=C1C(=O)O[C@H]2C/C(C)=C/CC[C@]3(C)O[C@H]3[C@@H](O)[C@H]12. The van der Waals surface area contributed by atoms with Crippen LogP contribution in [0.15, 0.2) is 23.8 Å². The van der Waals surface area contributed by atoms with Gasteiger partial charge in [0.1, 0.15) is 12.2 Å². The summed E-state index contributed by atoms with van der Waals surface area (Å²) in [7, 11) is 0. The molecule has 1 aliphatic carbocycles. The van der Waals surface area contributed by atoms with Crippen molar-refractivity contribution in [3.8, 4) is 0 Å². The molecule has 0 aromatic rings. The van der Waals surface area contributed by atoms with Crippen LogP contribution in [0.3, 0.4) is 0 Å². The smallest absolute Gasteiger partial charge is 0.334 e. The number of carbonyl (C=O) groups is 1. The first-order valence-corrected chi connectivity index (χ1v) is 6.84. The van der Waals surface area contributed by atoms with Crippen LogP contribution < -0.4 is 0 Å². The Kier molecular flexibility index (Phi) is 2.84. The summed E-state index contributed by atoms with van der Waals surface area (Å²) < 4.78 is 11.0. The number of ether oxygens (including phenoxy) is 2. The highest BCUT2D eigenvalue weighted by atomic mass is 16.6. The lowest BCUT2D eigenvalue weighted by Crippen LogP contribution is -2.36. The van der Waals surface area contributed by atoms with Gasteiger partial charge in [0.2, 0.25) is 0 Å². The largest absolute Gasteiger partial charge is 0.458 e. The van der Waals surface area contributed by atoms with Gasteiger partial charge in [-0.3, -0.25) is 0 Å². The standard InChI is InChI=1S/C15H20O4/c1-8-5-4-6-15(3)13(19-15)12(16)11-9(2)14(17)18-10(11)7-8/h5,10-13,16H,2,4,6-7H2,1,3H3/b8-5+/t10-,11+,12-,13-,15-/m0/s1. The van der Waals surface area contributed by atoms with Crippen LogP contribution in [-0.4, -0.2) is 35.0 Å². The zero-order valence-corrected chi connectivity index (χ0v) is 11.4. The molecule has 19 heavy (non-hydrogen) atoms. The second kappa shape index (κ2) is 4.18. The van der Waals surface area contributed by atoms with Crippen LogP contribution in [0.4, 0.5) is 0 Å². The molecule has 0 aromatic carbocycles. The zero-order chi connectivity index (χ0) is 13.8. The molecule has 104 valence electrons. The molecular weight excluding hydrogens is 244 g/mol. The zero-order valence-electron chi connectivity index (χ0n) is 11.4. The summed E-state index contributed by atoms with van der Waals surface area (Å²) >= 11 is 0. The summed E-state index contributed by atoms with van der Waals surface area (Å²) in [6.45, 7) is 7.84. The Morgan fingerprint density at radius 3 is 3.00 bits per heavy atom. The van der Waals surface area contributed by atoms with E-state index in [-0.39, 0.29) is 29.7 Å². The van der Waals surface area contributed by atoms with Gasteiger partial charge in [0.25, 0.3) is 0 Å². The number of fused-ring (bicyclic) bond motifs is 2. The van der Waals surface area contributed by atoms with Gasteiger partial charge >= 0.3 is 5.97 Å². The number of aliphatic hydroxyl groups is 1. The van der Waals surface area contributed by atoms with Gasteiger partial charge in [-0.25, -0.2) is 4.79 Å². The van der Waals surface area contributed by atoms with Crippen LogP contribution >= 0.6 is 0 Å². The predicted octanol–water partition coefficient (Wildman–Crippen LogP) is 1.73. The molecule has 0 amide bonds. The van der Waals surface area contributed by atoms with Crippen molar-refractivity contribution in [3.05, 3.63) is 23.8 Å². The van der Waals surface area contributed by atoms with E-state index in [1.165, 1.54) is 5.57 Å². The van der Waals surface area contributed by atoms with Crippen LogP contribution in [0.2, 0.25) is 0 Å². The van der Waals surface area contributed by atoms with Crippen LogP contribution in [0.5, 0.6) is 0 Å². The lowest BCUT2D eigenvalue weighted by Gasteiger charge is -2.24. The van der Waals surface area contributed by atoms with E-state index in [0.717, 1.165) is 12.8 Å². The van der Waals surface area contributed by atoms with Crippen molar-refractivity contribution >= 4 is 5.97 Å². The minimum atomic E-state index is -0.708. The maximum Gasteiger partial charge on any atom is 0.334 e. The van der Waals surface area contributed by atoms with E-state index < -0.39 is 6.10 Å². The molecule has 0 saturated carbocycles. The van der Waals surface area contributed by atoms with Crippen molar-refractivity contribution < 1.29 is 19.4 Å². The second-order valence-electron chi connectivity index (χ2n) is 6.13. The molecular formula is C15H20O4. The number of hydrogen-bond donors (Lipinski definition) is 1. The van der Waals surface area contributed by atoms with Gasteiger partial charge in [0.15, 0.2) is 0 Å². The van der Waals surface area contributed by atoms with Crippen molar-refractivity contribution in [2.75, 3.05) is 0 Å². The first-order valence-electron chi connectivity index (χ1n) is 6.84. The van der Waals surface area contributed by atoms with Crippen molar-refractivity contribution in [1.82, 2.24) is 0 Å². The van der Waals surface area contributed by atoms with Crippen LogP contribution in [0.25, 0.3) is 0 Å². The fourth-order valence-electron chi connectivity index (χ4n) is 3.32.